The number of aliphatic hydroxyl groups excluding tert-OH is 2. The number of rotatable bonds is 9. The second-order valence-electron chi connectivity index (χ2n) is 7.43. The van der Waals surface area contributed by atoms with E-state index in [0.29, 0.717) is 18.8 Å². The minimum Gasteiger partial charge on any atom is -0.481 e. The molecule has 5 atom stereocenters. The lowest BCUT2D eigenvalue weighted by atomic mass is 9.73. The van der Waals surface area contributed by atoms with Gasteiger partial charge in [-0.3, -0.25) is 4.79 Å². The van der Waals surface area contributed by atoms with Crippen LogP contribution in [0.25, 0.3) is 0 Å². The second kappa shape index (κ2) is 9.94. The Morgan fingerprint density at radius 3 is 2.73 bits per heavy atom. The average Bonchev–Trinajstić information content (AvgIpc) is 2.84. The lowest BCUT2D eigenvalue weighted by molar-refractivity contribution is -0.138. The minimum atomic E-state index is -0.911. The fourth-order valence-corrected chi connectivity index (χ4v) is 3.88. The molecule has 6 nitrogen and oxygen atoms in total. The first-order valence-corrected chi connectivity index (χ1v) is 9.73. The topological polar surface area (TPSA) is 99.4 Å². The predicted octanol–water partition coefficient (Wildman–Crippen LogP) is 2.43. The van der Waals surface area contributed by atoms with Gasteiger partial charge in [0.25, 0.3) is 0 Å². The normalized spacial score (nSPS) is 29.7. The highest BCUT2D eigenvalue weighted by atomic mass is 16.6. The van der Waals surface area contributed by atoms with Gasteiger partial charge in [-0.15, -0.1) is 0 Å². The van der Waals surface area contributed by atoms with Crippen LogP contribution in [0.3, 0.4) is 0 Å². The number of carbonyl (C=O) groups is 1. The fourth-order valence-electron chi connectivity index (χ4n) is 3.88. The highest BCUT2D eigenvalue weighted by Gasteiger charge is 2.51. The van der Waals surface area contributed by atoms with Crippen molar-refractivity contribution in [1.29, 1.82) is 0 Å². The van der Waals surface area contributed by atoms with Crippen molar-refractivity contribution in [1.82, 2.24) is 0 Å². The molecule has 0 aliphatic heterocycles. The number of oxime groups is 1. The quantitative estimate of drug-likeness (QED) is 0.331. The van der Waals surface area contributed by atoms with Crippen molar-refractivity contribution in [3.63, 3.8) is 0 Å². The molecule has 5 unspecified atom stereocenters. The summed E-state index contributed by atoms with van der Waals surface area (Å²) in [7, 11) is 0. The van der Waals surface area contributed by atoms with E-state index >= 15 is 0 Å². The average molecular weight is 365 g/mol. The number of aliphatic hydroxyl groups is 2. The molecule has 2 aliphatic rings. The van der Waals surface area contributed by atoms with Gasteiger partial charge in [0.1, 0.15) is 12.7 Å². The maximum absolute atomic E-state index is 10.4. The standard InChI is InChI=1S/C20H31NO5/c1-3-13(4-2)5-7-15(22)8-6-14-11-16-17(20(14)25)12-18(16)21-26-10-9-19(23)24/h13-17,20,22,25H,3-5,7,9-12H2,1-2H3,(H,23,24). The summed E-state index contributed by atoms with van der Waals surface area (Å²) in [6, 6.07) is 0. The molecule has 0 amide bonds. The van der Waals surface area contributed by atoms with Crippen molar-refractivity contribution in [3.05, 3.63) is 0 Å². The molecule has 0 aromatic carbocycles. The fraction of sp³-hybridized carbons (Fsp3) is 0.800. The molecular weight excluding hydrogens is 334 g/mol. The van der Waals surface area contributed by atoms with E-state index in [-0.39, 0.29) is 30.8 Å². The van der Waals surface area contributed by atoms with E-state index in [1.54, 1.807) is 0 Å². The molecule has 2 aliphatic carbocycles. The Morgan fingerprint density at radius 1 is 1.35 bits per heavy atom. The van der Waals surface area contributed by atoms with Crippen molar-refractivity contribution in [3.8, 4) is 11.8 Å². The van der Waals surface area contributed by atoms with Crippen molar-refractivity contribution in [2.45, 2.75) is 71.0 Å². The number of carboxylic acid groups (broad SMARTS) is 1. The molecule has 0 spiro atoms. The summed E-state index contributed by atoms with van der Waals surface area (Å²) in [5, 5.41) is 33.1. The van der Waals surface area contributed by atoms with Crippen molar-refractivity contribution in [2.75, 3.05) is 6.61 Å². The first kappa shape index (κ1) is 20.7. The Hall–Kier alpha value is -1.58. The van der Waals surface area contributed by atoms with Gasteiger partial charge in [-0.2, -0.15) is 0 Å². The van der Waals surface area contributed by atoms with Crippen LogP contribution in [0.2, 0.25) is 0 Å². The largest absolute Gasteiger partial charge is 0.481 e. The molecule has 0 radical (unpaired) electrons. The van der Waals surface area contributed by atoms with E-state index in [0.717, 1.165) is 31.4 Å². The zero-order valence-electron chi connectivity index (χ0n) is 15.7. The summed E-state index contributed by atoms with van der Waals surface area (Å²) in [5.41, 5.74) is 0.887. The Labute approximate surface area is 155 Å². The van der Waals surface area contributed by atoms with Gasteiger partial charge in [0.2, 0.25) is 0 Å². The smallest absolute Gasteiger partial charge is 0.306 e. The van der Waals surface area contributed by atoms with Gasteiger partial charge < -0.3 is 20.2 Å². The van der Waals surface area contributed by atoms with E-state index in [9.17, 15) is 15.0 Å². The first-order valence-electron chi connectivity index (χ1n) is 9.73. The summed E-state index contributed by atoms with van der Waals surface area (Å²) in [5.74, 6) is 5.89. The molecule has 0 aromatic rings. The van der Waals surface area contributed by atoms with E-state index < -0.39 is 18.2 Å². The monoisotopic (exact) mass is 365 g/mol. The Kier molecular flexibility index (Phi) is 7.92. The maximum Gasteiger partial charge on any atom is 0.306 e. The predicted molar refractivity (Wildman–Crippen MR) is 98.4 cm³/mol. The van der Waals surface area contributed by atoms with E-state index in [1.807, 2.05) is 0 Å². The van der Waals surface area contributed by atoms with Crippen LogP contribution in [0.4, 0.5) is 0 Å². The van der Waals surface area contributed by atoms with Crippen molar-refractivity contribution >= 4 is 11.7 Å². The molecule has 2 saturated carbocycles. The summed E-state index contributed by atoms with van der Waals surface area (Å²) in [6.07, 6.45) is 4.11. The van der Waals surface area contributed by atoms with Gasteiger partial charge in [-0.05, 0) is 37.5 Å². The van der Waals surface area contributed by atoms with Gasteiger partial charge in [0, 0.05) is 11.8 Å². The lowest BCUT2D eigenvalue weighted by Crippen LogP contribution is -2.38. The van der Waals surface area contributed by atoms with Crippen LogP contribution in [0, 0.1) is 35.5 Å². The van der Waals surface area contributed by atoms with Crippen LogP contribution in [-0.2, 0) is 9.63 Å². The van der Waals surface area contributed by atoms with Gasteiger partial charge in [0.15, 0.2) is 0 Å². The molecule has 2 rings (SSSR count). The number of carboxylic acids is 1. The second-order valence-corrected chi connectivity index (χ2v) is 7.43. The van der Waals surface area contributed by atoms with Crippen LogP contribution < -0.4 is 0 Å². The third-order valence-corrected chi connectivity index (χ3v) is 5.78. The minimum absolute atomic E-state index is 0.0602. The van der Waals surface area contributed by atoms with Gasteiger partial charge in [0.05, 0.1) is 18.2 Å². The number of aliphatic carboxylic acids is 1. The summed E-state index contributed by atoms with van der Waals surface area (Å²) < 4.78 is 0. The first-order chi connectivity index (χ1) is 12.5. The molecule has 0 saturated heterocycles. The van der Waals surface area contributed by atoms with Crippen molar-refractivity contribution in [2.24, 2.45) is 28.8 Å². The molecule has 146 valence electrons. The zero-order chi connectivity index (χ0) is 19.1. The molecule has 0 aromatic heterocycles. The third-order valence-electron chi connectivity index (χ3n) is 5.78. The van der Waals surface area contributed by atoms with Crippen LogP contribution >= 0.6 is 0 Å². The molecule has 2 fully saturated rings. The zero-order valence-corrected chi connectivity index (χ0v) is 15.7. The molecule has 26 heavy (non-hydrogen) atoms. The number of hydrogen-bond donors (Lipinski definition) is 3. The molecule has 0 heterocycles. The highest BCUT2D eigenvalue weighted by molar-refractivity contribution is 5.93. The van der Waals surface area contributed by atoms with E-state index in [1.165, 1.54) is 0 Å². The Morgan fingerprint density at radius 2 is 2.08 bits per heavy atom. The summed E-state index contributed by atoms with van der Waals surface area (Å²) >= 11 is 0. The number of nitrogens with zero attached hydrogens (tertiary/aromatic N) is 1. The van der Waals surface area contributed by atoms with E-state index in [2.05, 4.69) is 30.8 Å². The van der Waals surface area contributed by atoms with Crippen LogP contribution in [0.5, 0.6) is 0 Å². The molecule has 3 N–H and O–H groups in total. The lowest BCUT2D eigenvalue weighted by Gasteiger charge is -2.33. The number of fused-ring (bicyclic) bond motifs is 1. The van der Waals surface area contributed by atoms with Gasteiger partial charge in [-0.1, -0.05) is 43.7 Å². The van der Waals surface area contributed by atoms with Gasteiger partial charge in [-0.25, -0.2) is 0 Å². The van der Waals surface area contributed by atoms with Crippen molar-refractivity contribution < 1.29 is 25.0 Å². The third kappa shape index (κ3) is 5.46. The molecule has 0 bridgehead atoms. The van der Waals surface area contributed by atoms with Gasteiger partial charge >= 0.3 is 5.97 Å². The number of hydrogen-bond acceptors (Lipinski definition) is 5. The summed E-state index contributed by atoms with van der Waals surface area (Å²) in [6.45, 7) is 4.40. The Balaban J connectivity index is 1.79. The SMILES string of the molecule is CCC(CC)CCC(O)C#CC1CC2C(=NOCCC(=O)O)CC2C1O. The summed E-state index contributed by atoms with van der Waals surface area (Å²) in [4.78, 5) is 15.5. The van der Waals surface area contributed by atoms with Crippen LogP contribution in [0.15, 0.2) is 5.16 Å². The highest BCUT2D eigenvalue weighted by Crippen LogP contribution is 2.47. The molecule has 6 heteroatoms. The van der Waals surface area contributed by atoms with Crippen LogP contribution in [0.1, 0.15) is 58.8 Å². The Bertz CT molecular complexity index is 560. The maximum atomic E-state index is 10.4. The molecular formula is C20H31NO5. The van der Waals surface area contributed by atoms with E-state index in [4.69, 9.17) is 9.94 Å². The van der Waals surface area contributed by atoms with Crippen LogP contribution in [-0.4, -0.2) is 45.8 Å².